The average Bonchev–Trinajstić information content (AvgIpc) is 2.32. The van der Waals surface area contributed by atoms with E-state index < -0.39 is 0 Å². The Kier molecular flexibility index (Phi) is 1.60. The molecule has 2 aliphatic heterocycles. The van der Waals surface area contributed by atoms with Gasteiger partial charge in [-0.05, 0) is 6.42 Å². The van der Waals surface area contributed by atoms with Crippen LogP contribution in [0, 0.1) is 0 Å². The first-order valence-corrected chi connectivity index (χ1v) is 4.27. The summed E-state index contributed by atoms with van der Waals surface area (Å²) in [7, 11) is 0. The van der Waals surface area contributed by atoms with Gasteiger partial charge in [-0.2, -0.15) is 0 Å². The first-order valence-electron chi connectivity index (χ1n) is 4.27. The van der Waals surface area contributed by atoms with Crippen LogP contribution in [0.25, 0.3) is 0 Å². The molecule has 2 bridgehead atoms. The van der Waals surface area contributed by atoms with Crippen molar-refractivity contribution in [3.05, 3.63) is 0 Å². The summed E-state index contributed by atoms with van der Waals surface area (Å²) < 4.78 is 0. The SMILES string of the molecule is CC(=O)N1CCN2CC[C@@H]1C2. The molecule has 2 atom stereocenters. The van der Waals surface area contributed by atoms with E-state index >= 15 is 0 Å². The van der Waals surface area contributed by atoms with E-state index in [0.717, 1.165) is 19.6 Å². The van der Waals surface area contributed by atoms with Crippen LogP contribution in [0.5, 0.6) is 0 Å². The van der Waals surface area contributed by atoms with Crippen molar-refractivity contribution in [2.45, 2.75) is 19.4 Å². The number of fused-ring (bicyclic) bond motifs is 2. The molecule has 0 radical (unpaired) electrons. The topological polar surface area (TPSA) is 23.6 Å². The predicted octanol–water partition coefficient (Wildman–Crippen LogP) is -0.0772. The zero-order valence-corrected chi connectivity index (χ0v) is 6.92. The van der Waals surface area contributed by atoms with Crippen LogP contribution in [0.15, 0.2) is 0 Å². The lowest BCUT2D eigenvalue weighted by atomic mass is 10.2. The molecule has 0 aromatic heterocycles. The Morgan fingerprint density at radius 1 is 1.36 bits per heavy atom. The van der Waals surface area contributed by atoms with Crippen LogP contribution in [-0.4, -0.2) is 47.9 Å². The number of amides is 1. The van der Waals surface area contributed by atoms with E-state index in [9.17, 15) is 4.79 Å². The summed E-state index contributed by atoms with van der Waals surface area (Å²) in [5.74, 6) is 0.247. The fraction of sp³-hybridized carbons (Fsp3) is 0.875. The van der Waals surface area contributed by atoms with Gasteiger partial charge in [0.25, 0.3) is 0 Å². The fourth-order valence-corrected chi connectivity index (χ4v) is 2.12. The number of piperazine rings is 1. The molecule has 0 aliphatic carbocycles. The Labute approximate surface area is 67.0 Å². The maximum absolute atomic E-state index is 11.1. The van der Waals surface area contributed by atoms with Gasteiger partial charge in [0.2, 0.25) is 5.91 Å². The Morgan fingerprint density at radius 2 is 2.18 bits per heavy atom. The van der Waals surface area contributed by atoms with Gasteiger partial charge < -0.3 is 4.90 Å². The second kappa shape index (κ2) is 2.48. The third kappa shape index (κ3) is 1.13. The summed E-state index contributed by atoms with van der Waals surface area (Å²) in [6.45, 7) is 6.00. The maximum Gasteiger partial charge on any atom is 0.219 e. The summed E-state index contributed by atoms with van der Waals surface area (Å²) in [6.07, 6.45) is 1.18. The predicted molar refractivity (Wildman–Crippen MR) is 42.2 cm³/mol. The molecule has 1 unspecified atom stereocenters. The average molecular weight is 154 g/mol. The van der Waals surface area contributed by atoms with Crippen molar-refractivity contribution < 1.29 is 4.79 Å². The van der Waals surface area contributed by atoms with Crippen LogP contribution < -0.4 is 0 Å². The Morgan fingerprint density at radius 3 is 2.91 bits per heavy atom. The third-order valence-electron chi connectivity index (χ3n) is 2.75. The second-order valence-corrected chi connectivity index (χ2v) is 3.46. The molecule has 0 spiro atoms. The van der Waals surface area contributed by atoms with E-state index in [1.54, 1.807) is 6.92 Å². The lowest BCUT2D eigenvalue weighted by molar-refractivity contribution is -0.132. The summed E-state index contributed by atoms with van der Waals surface area (Å²) in [4.78, 5) is 15.5. The monoisotopic (exact) mass is 154 g/mol. The number of hydrogen-bond acceptors (Lipinski definition) is 2. The van der Waals surface area contributed by atoms with Crippen molar-refractivity contribution in [2.75, 3.05) is 26.2 Å². The van der Waals surface area contributed by atoms with Crippen molar-refractivity contribution in [3.63, 3.8) is 0 Å². The molecule has 3 nitrogen and oxygen atoms in total. The summed E-state index contributed by atoms with van der Waals surface area (Å²) >= 11 is 0. The highest BCUT2D eigenvalue weighted by Gasteiger charge is 2.33. The standard InChI is InChI=1S/C8H14N2O/c1-7(11)10-5-4-9-3-2-8(10)6-9/h8H,2-6H2,1H3/t8-/m1/s1. The lowest BCUT2D eigenvalue weighted by Crippen LogP contribution is -2.48. The molecular weight excluding hydrogens is 140 g/mol. The molecule has 0 aromatic rings. The van der Waals surface area contributed by atoms with Crippen molar-refractivity contribution >= 4 is 5.91 Å². The van der Waals surface area contributed by atoms with Crippen molar-refractivity contribution in [2.24, 2.45) is 0 Å². The number of hydrogen-bond donors (Lipinski definition) is 0. The van der Waals surface area contributed by atoms with Crippen LogP contribution in [0.4, 0.5) is 0 Å². The smallest absolute Gasteiger partial charge is 0.219 e. The van der Waals surface area contributed by atoms with E-state index in [1.807, 2.05) is 4.90 Å². The molecule has 2 saturated heterocycles. The zero-order chi connectivity index (χ0) is 7.84. The highest BCUT2D eigenvalue weighted by Crippen LogP contribution is 2.19. The van der Waals surface area contributed by atoms with Gasteiger partial charge in [0.1, 0.15) is 0 Å². The summed E-state index contributed by atoms with van der Waals surface area (Å²) in [6, 6.07) is 0.529. The van der Waals surface area contributed by atoms with Crippen LogP contribution >= 0.6 is 0 Å². The molecule has 2 aliphatic rings. The van der Waals surface area contributed by atoms with Gasteiger partial charge in [0.05, 0.1) is 0 Å². The molecule has 0 N–H and O–H groups in total. The number of rotatable bonds is 0. The Hall–Kier alpha value is -0.570. The van der Waals surface area contributed by atoms with Crippen molar-refractivity contribution in [1.82, 2.24) is 9.80 Å². The van der Waals surface area contributed by atoms with Crippen LogP contribution in [0.2, 0.25) is 0 Å². The third-order valence-corrected chi connectivity index (χ3v) is 2.75. The molecule has 1 amide bonds. The minimum Gasteiger partial charge on any atom is -0.337 e. The normalized spacial score (nSPS) is 35.9. The number of carbonyl (C=O) groups excluding carboxylic acids is 1. The summed E-state index contributed by atoms with van der Waals surface area (Å²) in [5.41, 5.74) is 0. The number of carbonyl (C=O) groups is 1. The number of nitrogens with zero attached hydrogens (tertiary/aromatic N) is 2. The zero-order valence-electron chi connectivity index (χ0n) is 6.92. The summed E-state index contributed by atoms with van der Waals surface area (Å²) in [5, 5.41) is 0. The molecule has 2 heterocycles. The van der Waals surface area contributed by atoms with Gasteiger partial charge in [-0.25, -0.2) is 0 Å². The Bertz CT molecular complexity index is 181. The molecule has 62 valence electrons. The molecule has 0 saturated carbocycles. The molecule has 2 fully saturated rings. The highest BCUT2D eigenvalue weighted by molar-refractivity contribution is 5.73. The van der Waals surface area contributed by atoms with E-state index in [2.05, 4.69) is 4.90 Å². The van der Waals surface area contributed by atoms with Crippen LogP contribution in [-0.2, 0) is 4.79 Å². The van der Waals surface area contributed by atoms with Gasteiger partial charge in [-0.1, -0.05) is 0 Å². The minimum atomic E-state index is 0.247. The molecule has 3 heteroatoms. The van der Waals surface area contributed by atoms with E-state index in [4.69, 9.17) is 0 Å². The second-order valence-electron chi connectivity index (χ2n) is 3.46. The van der Waals surface area contributed by atoms with Gasteiger partial charge in [0.15, 0.2) is 0 Å². The molecule has 2 rings (SSSR count). The van der Waals surface area contributed by atoms with Crippen LogP contribution in [0.1, 0.15) is 13.3 Å². The minimum absolute atomic E-state index is 0.247. The van der Waals surface area contributed by atoms with E-state index in [1.165, 1.54) is 13.0 Å². The first-order chi connectivity index (χ1) is 5.27. The van der Waals surface area contributed by atoms with Crippen LogP contribution in [0.3, 0.4) is 0 Å². The van der Waals surface area contributed by atoms with E-state index in [0.29, 0.717) is 6.04 Å². The fourth-order valence-electron chi connectivity index (χ4n) is 2.12. The maximum atomic E-state index is 11.1. The van der Waals surface area contributed by atoms with E-state index in [-0.39, 0.29) is 5.91 Å². The van der Waals surface area contributed by atoms with Crippen molar-refractivity contribution in [1.29, 1.82) is 0 Å². The Balaban J connectivity index is 2.07. The lowest BCUT2D eigenvalue weighted by Gasteiger charge is -2.33. The highest BCUT2D eigenvalue weighted by atomic mass is 16.2. The van der Waals surface area contributed by atoms with Gasteiger partial charge in [-0.15, -0.1) is 0 Å². The van der Waals surface area contributed by atoms with Gasteiger partial charge in [0, 0.05) is 39.1 Å². The quantitative estimate of drug-likeness (QED) is 0.487. The molecular formula is C8H14N2O. The first kappa shape index (κ1) is 7.10. The van der Waals surface area contributed by atoms with Crippen molar-refractivity contribution in [3.8, 4) is 0 Å². The van der Waals surface area contributed by atoms with Gasteiger partial charge in [-0.3, -0.25) is 9.69 Å². The molecule has 0 aromatic carbocycles. The van der Waals surface area contributed by atoms with Gasteiger partial charge >= 0.3 is 0 Å². The largest absolute Gasteiger partial charge is 0.337 e. The molecule has 11 heavy (non-hydrogen) atoms.